The lowest BCUT2D eigenvalue weighted by molar-refractivity contribution is -0.361. The van der Waals surface area contributed by atoms with Crippen LogP contribution in [-0.2, 0) is 33.2 Å². The van der Waals surface area contributed by atoms with Crippen LogP contribution in [0.15, 0.2) is 11.6 Å². The van der Waals surface area contributed by atoms with E-state index in [0.29, 0.717) is 18.8 Å². The van der Waals surface area contributed by atoms with Crippen molar-refractivity contribution in [3.63, 3.8) is 0 Å². The van der Waals surface area contributed by atoms with Gasteiger partial charge in [-0.3, -0.25) is 4.79 Å². The number of rotatable bonds is 8. The average Bonchev–Trinajstić information content (AvgIpc) is 3.34. The van der Waals surface area contributed by atoms with Crippen LogP contribution in [0.5, 0.6) is 0 Å². The number of aliphatic hydroxyl groups is 6. The van der Waals surface area contributed by atoms with Gasteiger partial charge in [-0.1, -0.05) is 25.5 Å². The summed E-state index contributed by atoms with van der Waals surface area (Å²) in [5.74, 6) is 0.284. The number of ether oxygens (including phenoxy) is 6. The van der Waals surface area contributed by atoms with E-state index in [4.69, 9.17) is 28.4 Å². The molecule has 0 aromatic rings. The number of carbonyl (C=O) groups excluding carboxylic acids is 1. The monoisotopic (exact) mass is 698 g/mol. The SMILES string of the molecule is CO[C@@H]1[C@@H](O)[C@H](O[C@H]2CC[C@@]3(C)C(=CC[C@@H]4[C@@H]3CC[C@]3(C)[C@@H](C(C)OC(C)=O)CC[C@]43O)C2)O[C@H](C)[C@@H]1O[C@@H]1O[C@H](CO)[C@@H](O)[C@H](O)[C@H]1O. The summed E-state index contributed by atoms with van der Waals surface area (Å²) in [5.41, 5.74) is 0.0920. The van der Waals surface area contributed by atoms with Crippen LogP contribution in [0.3, 0.4) is 0 Å². The van der Waals surface area contributed by atoms with Gasteiger partial charge in [0.2, 0.25) is 0 Å². The van der Waals surface area contributed by atoms with Crippen molar-refractivity contribution in [3.05, 3.63) is 11.6 Å². The van der Waals surface area contributed by atoms with Crippen molar-refractivity contribution in [3.8, 4) is 0 Å². The number of aliphatic hydroxyl groups excluding tert-OH is 5. The Balaban J connectivity index is 1.11. The second-order valence-electron chi connectivity index (χ2n) is 16.1. The lowest BCUT2D eigenvalue weighted by Crippen LogP contribution is -2.64. The van der Waals surface area contributed by atoms with E-state index >= 15 is 0 Å². The zero-order valence-corrected chi connectivity index (χ0v) is 29.6. The van der Waals surface area contributed by atoms with Crippen LogP contribution in [0, 0.1) is 28.6 Å². The van der Waals surface area contributed by atoms with Gasteiger partial charge in [-0.2, -0.15) is 0 Å². The van der Waals surface area contributed by atoms with E-state index in [1.165, 1.54) is 19.6 Å². The highest BCUT2D eigenvalue weighted by Crippen LogP contribution is 2.68. The van der Waals surface area contributed by atoms with E-state index in [1.807, 2.05) is 6.92 Å². The molecule has 4 aliphatic carbocycles. The highest BCUT2D eigenvalue weighted by Gasteiger charge is 2.67. The minimum Gasteiger partial charge on any atom is -0.463 e. The molecule has 13 heteroatoms. The molecule has 0 aromatic carbocycles. The van der Waals surface area contributed by atoms with E-state index in [2.05, 4.69) is 19.9 Å². The van der Waals surface area contributed by atoms with Gasteiger partial charge in [-0.15, -0.1) is 0 Å². The van der Waals surface area contributed by atoms with Crippen LogP contribution in [0.25, 0.3) is 0 Å². The van der Waals surface area contributed by atoms with Crippen molar-refractivity contribution in [2.75, 3.05) is 13.7 Å². The van der Waals surface area contributed by atoms with Gasteiger partial charge in [0.1, 0.15) is 48.8 Å². The summed E-state index contributed by atoms with van der Waals surface area (Å²) in [6, 6.07) is 0. The van der Waals surface area contributed by atoms with Crippen LogP contribution < -0.4 is 0 Å². The second kappa shape index (κ2) is 14.0. The van der Waals surface area contributed by atoms with Crippen LogP contribution in [0.1, 0.15) is 86.0 Å². The standard InChI is InChI=1S/C36H58O13/c1-17(45-19(3)38)22-11-14-36(43)24-8-7-20-15-21(9-12-34(20,4)23(24)10-13-35(22,36)5)47-33-29(42)31(44-6)30(18(2)46-33)49-32-28(41)27(40)26(39)25(16-37)48-32/h7,17-18,21-33,37,39-43H,8-16H2,1-6H3/t17?,18-,21+,22-,23+,24-,25-,26-,27+,28-,29-,30+,31-,32+,33+,34+,35-,36+/m1/s1. The van der Waals surface area contributed by atoms with Crippen molar-refractivity contribution in [1.82, 2.24) is 0 Å². The van der Waals surface area contributed by atoms with Crippen molar-refractivity contribution >= 4 is 5.97 Å². The van der Waals surface area contributed by atoms with Crippen molar-refractivity contribution < 1.29 is 63.9 Å². The first-order valence-corrected chi connectivity index (χ1v) is 18.2. The number of esters is 1. The fourth-order valence-corrected chi connectivity index (χ4v) is 10.9. The molecule has 3 saturated carbocycles. The zero-order chi connectivity index (χ0) is 35.6. The summed E-state index contributed by atoms with van der Waals surface area (Å²) in [7, 11) is 1.43. The average molecular weight is 699 g/mol. The fourth-order valence-electron chi connectivity index (χ4n) is 10.9. The molecule has 49 heavy (non-hydrogen) atoms. The summed E-state index contributed by atoms with van der Waals surface area (Å²) >= 11 is 0. The molecule has 2 heterocycles. The summed E-state index contributed by atoms with van der Waals surface area (Å²) in [6.07, 6.45) is -3.67. The highest BCUT2D eigenvalue weighted by atomic mass is 16.7. The number of allylic oxidation sites excluding steroid dienone is 1. The van der Waals surface area contributed by atoms with Gasteiger partial charge in [0, 0.05) is 25.4 Å². The first-order chi connectivity index (χ1) is 23.1. The first-order valence-electron chi connectivity index (χ1n) is 18.2. The molecule has 2 saturated heterocycles. The predicted molar refractivity (Wildman–Crippen MR) is 173 cm³/mol. The molecule has 0 amide bonds. The quantitative estimate of drug-likeness (QED) is 0.157. The van der Waals surface area contributed by atoms with Crippen LogP contribution in [0.2, 0.25) is 0 Å². The molecule has 18 atom stereocenters. The van der Waals surface area contributed by atoms with Gasteiger partial charge in [-0.05, 0) is 82.5 Å². The van der Waals surface area contributed by atoms with E-state index in [1.54, 1.807) is 6.92 Å². The van der Waals surface area contributed by atoms with Crippen LogP contribution in [-0.4, -0.2) is 130 Å². The van der Waals surface area contributed by atoms with Gasteiger partial charge >= 0.3 is 5.97 Å². The lowest BCUT2D eigenvalue weighted by atomic mass is 9.45. The van der Waals surface area contributed by atoms with E-state index in [-0.39, 0.29) is 40.8 Å². The molecule has 0 bridgehead atoms. The molecule has 6 rings (SSSR count). The van der Waals surface area contributed by atoms with Gasteiger partial charge in [0.05, 0.1) is 24.4 Å². The first kappa shape index (κ1) is 37.5. The maximum atomic E-state index is 12.5. The zero-order valence-electron chi connectivity index (χ0n) is 29.6. The minimum absolute atomic E-state index is 0.0852. The normalized spacial score (nSPS) is 52.0. The second-order valence-corrected chi connectivity index (χ2v) is 16.1. The van der Waals surface area contributed by atoms with Crippen LogP contribution in [0.4, 0.5) is 0 Å². The Kier molecular flexibility index (Phi) is 10.7. The summed E-state index contributed by atoms with van der Waals surface area (Å²) in [6.45, 7) is 9.09. The summed E-state index contributed by atoms with van der Waals surface area (Å²) in [4.78, 5) is 11.8. The minimum atomic E-state index is -1.61. The molecule has 0 aromatic heterocycles. The number of fused-ring (bicyclic) bond motifs is 5. The third-order valence-corrected chi connectivity index (χ3v) is 13.7. The Morgan fingerprint density at radius 3 is 2.33 bits per heavy atom. The molecule has 6 aliphatic rings. The Morgan fingerprint density at radius 1 is 0.939 bits per heavy atom. The molecule has 6 N–H and O–H groups in total. The van der Waals surface area contributed by atoms with Crippen molar-refractivity contribution in [2.24, 2.45) is 28.6 Å². The van der Waals surface area contributed by atoms with Gasteiger partial charge in [0.25, 0.3) is 0 Å². The third-order valence-electron chi connectivity index (χ3n) is 13.7. The molecule has 2 aliphatic heterocycles. The summed E-state index contributed by atoms with van der Waals surface area (Å²) in [5, 5.41) is 64.2. The number of carbonyl (C=O) groups is 1. The number of hydrogen-bond acceptors (Lipinski definition) is 13. The van der Waals surface area contributed by atoms with Crippen molar-refractivity contribution in [2.45, 2.75) is 165 Å². The van der Waals surface area contributed by atoms with Crippen LogP contribution >= 0.6 is 0 Å². The van der Waals surface area contributed by atoms with E-state index in [0.717, 1.165) is 38.5 Å². The Hall–Kier alpha value is -1.23. The maximum Gasteiger partial charge on any atom is 0.302 e. The Bertz CT molecular complexity index is 1230. The molecular weight excluding hydrogens is 640 g/mol. The molecule has 5 fully saturated rings. The van der Waals surface area contributed by atoms with Gasteiger partial charge in [0.15, 0.2) is 12.6 Å². The van der Waals surface area contributed by atoms with E-state index in [9.17, 15) is 35.4 Å². The maximum absolute atomic E-state index is 12.5. The van der Waals surface area contributed by atoms with Gasteiger partial charge < -0.3 is 59.1 Å². The lowest BCUT2D eigenvalue weighted by Gasteiger charge is -2.61. The Morgan fingerprint density at radius 2 is 1.65 bits per heavy atom. The Labute approximate surface area is 288 Å². The largest absolute Gasteiger partial charge is 0.463 e. The predicted octanol–water partition coefficient (Wildman–Crippen LogP) is 1.32. The van der Waals surface area contributed by atoms with Crippen molar-refractivity contribution in [1.29, 1.82) is 0 Å². The molecular formula is C36H58O13. The molecule has 280 valence electrons. The summed E-state index contributed by atoms with van der Waals surface area (Å²) < 4.78 is 35.4. The smallest absolute Gasteiger partial charge is 0.302 e. The number of hydrogen-bond donors (Lipinski definition) is 6. The molecule has 1 unspecified atom stereocenters. The van der Waals surface area contributed by atoms with E-state index < -0.39 is 73.6 Å². The van der Waals surface area contributed by atoms with Gasteiger partial charge in [-0.25, -0.2) is 0 Å². The topological polar surface area (TPSA) is 194 Å². The molecule has 0 spiro atoms. The molecule has 0 radical (unpaired) electrons. The molecule has 13 nitrogen and oxygen atoms in total. The number of methoxy groups -OCH3 is 1. The fraction of sp³-hybridized carbons (Fsp3) is 0.917. The third kappa shape index (κ3) is 6.22. The highest BCUT2D eigenvalue weighted by molar-refractivity contribution is 5.66.